The summed E-state index contributed by atoms with van der Waals surface area (Å²) in [5.41, 5.74) is 3.00. The third kappa shape index (κ3) is 6.39. The van der Waals surface area contributed by atoms with Crippen LogP contribution in [-0.2, 0) is 4.79 Å². The van der Waals surface area contributed by atoms with E-state index in [2.05, 4.69) is 34.9 Å². The average Bonchev–Trinajstić information content (AvgIpc) is 2.52. The fourth-order valence-electron chi connectivity index (χ4n) is 2.23. The molecule has 120 valence electrons. The van der Waals surface area contributed by atoms with E-state index >= 15 is 0 Å². The van der Waals surface area contributed by atoms with Gasteiger partial charge in [-0.1, -0.05) is 62.4 Å². The van der Waals surface area contributed by atoms with Crippen molar-refractivity contribution in [3.05, 3.63) is 66.2 Å². The molecule has 0 saturated carbocycles. The van der Waals surface area contributed by atoms with Crippen LogP contribution in [0.1, 0.15) is 25.8 Å². The highest BCUT2D eigenvalue weighted by Crippen LogP contribution is 2.16. The van der Waals surface area contributed by atoms with E-state index in [9.17, 15) is 4.79 Å². The van der Waals surface area contributed by atoms with Gasteiger partial charge < -0.3 is 10.6 Å². The van der Waals surface area contributed by atoms with Gasteiger partial charge in [-0.2, -0.15) is 0 Å². The van der Waals surface area contributed by atoms with Crippen molar-refractivity contribution in [2.45, 2.75) is 20.3 Å². The highest BCUT2D eigenvalue weighted by molar-refractivity contribution is 5.91. The zero-order valence-corrected chi connectivity index (χ0v) is 13.8. The molecule has 2 N–H and O–H groups in total. The first-order chi connectivity index (χ1) is 11.1. The van der Waals surface area contributed by atoms with Gasteiger partial charge in [0.15, 0.2) is 0 Å². The number of anilines is 2. The maximum Gasteiger partial charge on any atom is 0.224 e. The maximum atomic E-state index is 11.8. The van der Waals surface area contributed by atoms with E-state index < -0.39 is 0 Å². The minimum absolute atomic E-state index is 0.0566. The summed E-state index contributed by atoms with van der Waals surface area (Å²) in [7, 11) is 0. The number of rotatable bonds is 7. The smallest absolute Gasteiger partial charge is 0.224 e. The summed E-state index contributed by atoms with van der Waals surface area (Å²) < 4.78 is 0. The molecule has 0 bridgehead atoms. The van der Waals surface area contributed by atoms with E-state index in [1.165, 1.54) is 5.56 Å². The van der Waals surface area contributed by atoms with Gasteiger partial charge in [-0.15, -0.1) is 0 Å². The fourth-order valence-corrected chi connectivity index (χ4v) is 2.23. The van der Waals surface area contributed by atoms with Crippen LogP contribution in [0, 0.1) is 5.92 Å². The van der Waals surface area contributed by atoms with Crippen LogP contribution in [0.4, 0.5) is 11.4 Å². The predicted octanol–water partition coefficient (Wildman–Crippen LogP) is 4.80. The van der Waals surface area contributed by atoms with Gasteiger partial charge in [0.1, 0.15) is 0 Å². The van der Waals surface area contributed by atoms with Crippen LogP contribution in [0.3, 0.4) is 0 Å². The van der Waals surface area contributed by atoms with Crippen molar-refractivity contribution in [2.75, 3.05) is 17.2 Å². The molecule has 0 aliphatic carbocycles. The van der Waals surface area contributed by atoms with E-state index in [0.717, 1.165) is 17.9 Å². The van der Waals surface area contributed by atoms with Crippen LogP contribution in [0.25, 0.3) is 6.08 Å². The van der Waals surface area contributed by atoms with Gasteiger partial charge in [0.2, 0.25) is 5.91 Å². The summed E-state index contributed by atoms with van der Waals surface area (Å²) in [5.74, 6) is 0.417. The molecule has 1 amide bonds. The molecule has 0 aliphatic rings. The molecule has 0 spiro atoms. The second-order valence-corrected chi connectivity index (χ2v) is 5.92. The van der Waals surface area contributed by atoms with Crippen molar-refractivity contribution < 1.29 is 4.79 Å². The molecule has 23 heavy (non-hydrogen) atoms. The van der Waals surface area contributed by atoms with Crippen molar-refractivity contribution in [2.24, 2.45) is 5.92 Å². The lowest BCUT2D eigenvalue weighted by atomic mass is 10.1. The van der Waals surface area contributed by atoms with Crippen molar-refractivity contribution >= 4 is 23.4 Å². The van der Waals surface area contributed by atoms with E-state index in [1.54, 1.807) is 0 Å². The lowest BCUT2D eigenvalue weighted by Crippen LogP contribution is -2.13. The molecule has 0 fully saturated rings. The molecular weight excluding hydrogens is 284 g/mol. The lowest BCUT2D eigenvalue weighted by molar-refractivity contribution is -0.116. The Labute approximate surface area is 138 Å². The first-order valence-electron chi connectivity index (χ1n) is 7.99. The zero-order chi connectivity index (χ0) is 16.5. The number of hydrogen-bond acceptors (Lipinski definition) is 2. The minimum atomic E-state index is 0.0566. The fraction of sp³-hybridized carbons (Fsp3) is 0.250. The lowest BCUT2D eigenvalue weighted by Gasteiger charge is -2.09. The van der Waals surface area contributed by atoms with Crippen LogP contribution in [0.15, 0.2) is 60.7 Å². The largest absolute Gasteiger partial charge is 0.382 e. The highest BCUT2D eigenvalue weighted by atomic mass is 16.1. The third-order valence-corrected chi connectivity index (χ3v) is 3.27. The molecular formula is C20H24N2O. The molecule has 0 unspecified atom stereocenters. The normalized spacial score (nSPS) is 10.9. The summed E-state index contributed by atoms with van der Waals surface area (Å²) >= 11 is 0. The number of amides is 1. The summed E-state index contributed by atoms with van der Waals surface area (Å²) in [6, 6.07) is 18.0. The Balaban J connectivity index is 1.85. The molecule has 0 aromatic heterocycles. The highest BCUT2D eigenvalue weighted by Gasteiger charge is 2.05. The SMILES string of the molecule is CC(C)CC(=O)Nc1cccc(NC/C=C/c2ccccc2)c1. The van der Waals surface area contributed by atoms with Gasteiger partial charge in [0.25, 0.3) is 0 Å². The molecule has 2 aromatic carbocycles. The van der Waals surface area contributed by atoms with E-state index in [1.807, 2.05) is 56.3 Å². The Morgan fingerprint density at radius 1 is 1.04 bits per heavy atom. The Morgan fingerprint density at radius 2 is 1.78 bits per heavy atom. The van der Waals surface area contributed by atoms with Crippen LogP contribution < -0.4 is 10.6 Å². The molecule has 0 radical (unpaired) electrons. The van der Waals surface area contributed by atoms with Gasteiger partial charge in [-0.25, -0.2) is 0 Å². The monoisotopic (exact) mass is 308 g/mol. The third-order valence-electron chi connectivity index (χ3n) is 3.27. The Kier molecular flexibility index (Phi) is 6.42. The maximum absolute atomic E-state index is 11.8. The van der Waals surface area contributed by atoms with Gasteiger partial charge in [-0.05, 0) is 29.7 Å². The number of carbonyl (C=O) groups excluding carboxylic acids is 1. The summed E-state index contributed by atoms with van der Waals surface area (Å²) in [6.45, 7) is 4.81. The molecule has 2 aromatic rings. The van der Waals surface area contributed by atoms with Crippen molar-refractivity contribution in [1.29, 1.82) is 0 Å². The van der Waals surface area contributed by atoms with Crippen LogP contribution in [-0.4, -0.2) is 12.5 Å². The average molecular weight is 308 g/mol. The van der Waals surface area contributed by atoms with Crippen LogP contribution in [0.5, 0.6) is 0 Å². The van der Waals surface area contributed by atoms with E-state index in [-0.39, 0.29) is 5.91 Å². The number of nitrogens with one attached hydrogen (secondary N) is 2. The Bertz CT molecular complexity index is 648. The van der Waals surface area contributed by atoms with Crippen molar-refractivity contribution in [3.63, 3.8) is 0 Å². The second kappa shape index (κ2) is 8.79. The number of benzene rings is 2. The predicted molar refractivity (Wildman–Crippen MR) is 98.5 cm³/mol. The Hall–Kier alpha value is -2.55. The quantitative estimate of drug-likeness (QED) is 0.771. The second-order valence-electron chi connectivity index (χ2n) is 5.92. The summed E-state index contributed by atoms with van der Waals surface area (Å²) in [6.07, 6.45) is 4.71. The van der Waals surface area contributed by atoms with E-state index in [4.69, 9.17) is 0 Å². The van der Waals surface area contributed by atoms with Gasteiger partial charge in [-0.3, -0.25) is 4.79 Å². The van der Waals surface area contributed by atoms with Crippen molar-refractivity contribution in [1.82, 2.24) is 0 Å². The molecule has 0 saturated heterocycles. The Morgan fingerprint density at radius 3 is 2.52 bits per heavy atom. The summed E-state index contributed by atoms with van der Waals surface area (Å²) in [5, 5.41) is 6.26. The number of carbonyl (C=O) groups is 1. The standard InChI is InChI=1S/C20H24N2O/c1-16(2)14-20(23)22-19-12-6-11-18(15-19)21-13-7-10-17-8-4-3-5-9-17/h3-12,15-16,21H,13-14H2,1-2H3,(H,22,23)/b10-7+. The molecule has 0 heterocycles. The molecule has 0 atom stereocenters. The minimum Gasteiger partial charge on any atom is -0.382 e. The van der Waals surface area contributed by atoms with Gasteiger partial charge in [0.05, 0.1) is 0 Å². The number of hydrogen-bond donors (Lipinski definition) is 2. The summed E-state index contributed by atoms with van der Waals surface area (Å²) in [4.78, 5) is 11.8. The molecule has 3 nitrogen and oxygen atoms in total. The zero-order valence-electron chi connectivity index (χ0n) is 13.8. The van der Waals surface area contributed by atoms with Crippen LogP contribution in [0.2, 0.25) is 0 Å². The molecule has 0 aliphatic heterocycles. The molecule has 3 heteroatoms. The van der Waals surface area contributed by atoms with Crippen LogP contribution >= 0.6 is 0 Å². The van der Waals surface area contributed by atoms with Gasteiger partial charge in [0, 0.05) is 24.3 Å². The molecule has 2 rings (SSSR count). The van der Waals surface area contributed by atoms with Crippen molar-refractivity contribution in [3.8, 4) is 0 Å². The first-order valence-corrected chi connectivity index (χ1v) is 7.99. The van der Waals surface area contributed by atoms with Gasteiger partial charge >= 0.3 is 0 Å². The van der Waals surface area contributed by atoms with E-state index in [0.29, 0.717) is 12.3 Å². The topological polar surface area (TPSA) is 41.1 Å². The first kappa shape index (κ1) is 16.8.